The molecular formula is C6H5BrClN. The monoisotopic (exact) mass is 205 g/mol. The van der Waals surface area contributed by atoms with Gasteiger partial charge in [0.15, 0.2) is 0 Å². The Balaban J connectivity index is 2.70. The van der Waals surface area contributed by atoms with Gasteiger partial charge in [0.1, 0.15) is 0 Å². The summed E-state index contributed by atoms with van der Waals surface area (Å²) in [5, 5.41) is 2.95. The third-order valence-electron chi connectivity index (χ3n) is 0.916. The predicted octanol–water partition coefficient (Wildman–Crippen LogP) is 2.46. The van der Waals surface area contributed by atoms with Crippen molar-refractivity contribution in [2.24, 2.45) is 0 Å². The molecule has 3 heteroatoms. The lowest BCUT2D eigenvalue weighted by Gasteiger charge is -2.04. The van der Waals surface area contributed by atoms with Crippen molar-refractivity contribution in [2.75, 3.05) is 0 Å². The van der Waals surface area contributed by atoms with Gasteiger partial charge in [0, 0.05) is 21.9 Å². The molecule has 0 amide bonds. The molecule has 0 saturated carbocycles. The van der Waals surface area contributed by atoms with Crippen LogP contribution in [-0.4, -0.2) is 0 Å². The van der Waals surface area contributed by atoms with Gasteiger partial charge in [0.25, 0.3) is 0 Å². The van der Waals surface area contributed by atoms with E-state index in [9.17, 15) is 0 Å². The van der Waals surface area contributed by atoms with Crippen LogP contribution in [0.1, 0.15) is 0 Å². The summed E-state index contributed by atoms with van der Waals surface area (Å²) in [4.78, 5) is 0. The Hall–Kier alpha value is -0.210. The Morgan fingerprint density at radius 3 is 2.78 bits per heavy atom. The Kier molecular flexibility index (Phi) is 2.37. The van der Waals surface area contributed by atoms with Gasteiger partial charge in [-0.2, -0.15) is 0 Å². The van der Waals surface area contributed by atoms with Crippen LogP contribution in [0.3, 0.4) is 0 Å². The smallest absolute Gasteiger partial charge is 0.0495 e. The van der Waals surface area contributed by atoms with Gasteiger partial charge < -0.3 is 5.32 Å². The lowest BCUT2D eigenvalue weighted by molar-refractivity contribution is 1.10. The molecule has 0 atom stereocenters. The van der Waals surface area contributed by atoms with Crippen molar-refractivity contribution in [3.63, 3.8) is 0 Å². The number of allylic oxidation sites excluding steroid dienone is 3. The molecule has 9 heavy (non-hydrogen) atoms. The van der Waals surface area contributed by atoms with Crippen LogP contribution >= 0.6 is 27.5 Å². The van der Waals surface area contributed by atoms with E-state index in [-0.39, 0.29) is 0 Å². The molecule has 0 fully saturated rings. The van der Waals surface area contributed by atoms with E-state index in [1.165, 1.54) is 5.54 Å². The summed E-state index contributed by atoms with van der Waals surface area (Å²) in [6.07, 6.45) is 5.63. The molecular weight excluding hydrogens is 201 g/mol. The molecule has 1 heterocycles. The van der Waals surface area contributed by atoms with Crippen LogP contribution in [0.4, 0.5) is 0 Å². The van der Waals surface area contributed by atoms with Crippen molar-refractivity contribution in [3.05, 3.63) is 34.1 Å². The number of rotatable bonds is 0. The zero-order valence-corrected chi connectivity index (χ0v) is 6.91. The molecule has 1 nitrogen and oxygen atoms in total. The molecule has 1 aliphatic rings. The van der Waals surface area contributed by atoms with Crippen LogP contribution in [0, 0.1) is 0 Å². The van der Waals surface area contributed by atoms with E-state index >= 15 is 0 Å². The molecule has 1 N–H and O–H groups in total. The molecule has 0 aromatic carbocycles. The quantitative estimate of drug-likeness (QED) is 0.642. The van der Waals surface area contributed by atoms with E-state index in [1.54, 1.807) is 0 Å². The van der Waals surface area contributed by atoms with Gasteiger partial charge in [0.05, 0.1) is 0 Å². The van der Waals surface area contributed by atoms with E-state index < -0.39 is 0 Å². The zero-order valence-electron chi connectivity index (χ0n) is 4.57. The van der Waals surface area contributed by atoms with E-state index in [1.807, 2.05) is 18.4 Å². The second kappa shape index (κ2) is 3.08. The van der Waals surface area contributed by atoms with Gasteiger partial charge in [-0.1, -0.05) is 11.6 Å². The molecule has 0 spiro atoms. The molecule has 0 aliphatic carbocycles. The number of halogens is 2. The number of hydrogen-bond donors (Lipinski definition) is 1. The van der Waals surface area contributed by atoms with E-state index in [4.69, 9.17) is 11.6 Å². The first-order valence-electron chi connectivity index (χ1n) is 2.43. The van der Waals surface area contributed by atoms with Gasteiger partial charge in [-0.25, -0.2) is 0 Å². The minimum absolute atomic E-state index is 0.903. The summed E-state index contributed by atoms with van der Waals surface area (Å²) in [6, 6.07) is 0. The van der Waals surface area contributed by atoms with Crippen LogP contribution in [0.25, 0.3) is 0 Å². The Morgan fingerprint density at radius 1 is 1.56 bits per heavy atom. The van der Waals surface area contributed by atoms with Crippen molar-refractivity contribution < 1.29 is 0 Å². The molecule has 48 valence electrons. The summed E-state index contributed by atoms with van der Waals surface area (Å²) in [6.45, 7) is 0. The van der Waals surface area contributed by atoms with Gasteiger partial charge in [-0.15, -0.1) is 0 Å². The summed E-state index contributed by atoms with van der Waals surface area (Å²) in [5.74, 6) is 0. The summed E-state index contributed by atoms with van der Waals surface area (Å²) in [7, 11) is 0. The average molecular weight is 206 g/mol. The Morgan fingerprint density at radius 2 is 2.33 bits per heavy atom. The topological polar surface area (TPSA) is 12.0 Å². The fraction of sp³-hybridized carbons (Fsp3) is 0. The minimum atomic E-state index is 0.903. The fourth-order valence-electron chi connectivity index (χ4n) is 0.486. The largest absolute Gasteiger partial charge is 0.360 e. The highest BCUT2D eigenvalue weighted by molar-refractivity contribution is 9.11. The standard InChI is InChI=1S/C6H5BrClN/c7-5-1-2-6(3-8)9-4-5/h1-4,9H. The summed E-state index contributed by atoms with van der Waals surface area (Å²) in [5.41, 5.74) is 2.40. The molecule has 0 saturated heterocycles. The molecule has 0 unspecified atom stereocenters. The van der Waals surface area contributed by atoms with Gasteiger partial charge in [-0.05, 0) is 28.1 Å². The highest BCUT2D eigenvalue weighted by Gasteiger charge is 1.93. The molecule has 0 aromatic rings. The normalized spacial score (nSPS) is 21.6. The SMILES string of the molecule is ClC=C1C=CC(Br)=CN1. The van der Waals surface area contributed by atoms with Crippen LogP contribution in [-0.2, 0) is 0 Å². The second-order valence-electron chi connectivity index (χ2n) is 1.57. The second-order valence-corrected chi connectivity index (χ2v) is 2.71. The van der Waals surface area contributed by atoms with Crippen molar-refractivity contribution in [2.45, 2.75) is 0 Å². The number of hydrogen-bond acceptors (Lipinski definition) is 1. The minimum Gasteiger partial charge on any atom is -0.360 e. The summed E-state index contributed by atoms with van der Waals surface area (Å²) < 4.78 is 1.02. The van der Waals surface area contributed by atoms with Crippen molar-refractivity contribution >= 4 is 27.5 Å². The maximum absolute atomic E-state index is 5.41. The first kappa shape index (κ1) is 6.90. The maximum atomic E-state index is 5.41. The average Bonchev–Trinajstić information content (AvgIpc) is 1.90. The lowest BCUT2D eigenvalue weighted by atomic mass is 10.3. The van der Waals surface area contributed by atoms with Crippen LogP contribution in [0.2, 0.25) is 0 Å². The Bertz CT molecular complexity index is 193. The van der Waals surface area contributed by atoms with E-state index in [2.05, 4.69) is 21.2 Å². The molecule has 0 radical (unpaired) electrons. The number of dihydropyridines is 1. The number of nitrogens with one attached hydrogen (secondary N) is 1. The highest BCUT2D eigenvalue weighted by Crippen LogP contribution is 2.11. The fourth-order valence-corrected chi connectivity index (χ4v) is 0.868. The van der Waals surface area contributed by atoms with Crippen LogP contribution < -0.4 is 5.32 Å². The lowest BCUT2D eigenvalue weighted by Crippen LogP contribution is -2.04. The van der Waals surface area contributed by atoms with Crippen LogP contribution in [0.5, 0.6) is 0 Å². The predicted molar refractivity (Wildman–Crippen MR) is 43.2 cm³/mol. The van der Waals surface area contributed by atoms with Crippen molar-refractivity contribution in [1.82, 2.24) is 5.32 Å². The summed E-state index contributed by atoms with van der Waals surface area (Å²) >= 11 is 8.69. The first-order chi connectivity index (χ1) is 4.33. The van der Waals surface area contributed by atoms with E-state index in [0.717, 1.165) is 10.2 Å². The van der Waals surface area contributed by atoms with Gasteiger partial charge >= 0.3 is 0 Å². The maximum Gasteiger partial charge on any atom is 0.0495 e. The van der Waals surface area contributed by atoms with Gasteiger partial charge in [0.2, 0.25) is 0 Å². The van der Waals surface area contributed by atoms with E-state index in [0.29, 0.717) is 0 Å². The van der Waals surface area contributed by atoms with Crippen LogP contribution in [0.15, 0.2) is 34.1 Å². The van der Waals surface area contributed by atoms with Crippen molar-refractivity contribution in [3.8, 4) is 0 Å². The third kappa shape index (κ3) is 1.88. The molecule has 1 rings (SSSR count). The van der Waals surface area contributed by atoms with Crippen molar-refractivity contribution in [1.29, 1.82) is 0 Å². The molecule has 0 aromatic heterocycles. The molecule has 0 bridgehead atoms. The van der Waals surface area contributed by atoms with Gasteiger partial charge in [-0.3, -0.25) is 0 Å². The first-order valence-corrected chi connectivity index (χ1v) is 3.66. The zero-order chi connectivity index (χ0) is 6.69. The highest BCUT2D eigenvalue weighted by atomic mass is 79.9. The third-order valence-corrected chi connectivity index (χ3v) is 1.64. The Labute approximate surface area is 67.2 Å². The molecule has 1 aliphatic heterocycles.